The van der Waals surface area contributed by atoms with Crippen molar-refractivity contribution in [2.24, 2.45) is 0 Å². The van der Waals surface area contributed by atoms with Gasteiger partial charge in [-0.05, 0) is 48.2 Å². The second-order valence-corrected chi connectivity index (χ2v) is 9.78. The number of aromatic nitrogens is 2. The second-order valence-electron chi connectivity index (χ2n) is 8.84. The highest BCUT2D eigenvalue weighted by Crippen LogP contribution is 2.33. The van der Waals surface area contributed by atoms with Crippen LogP contribution in [-0.4, -0.2) is 39.1 Å². The van der Waals surface area contributed by atoms with E-state index in [2.05, 4.69) is 10.4 Å². The van der Waals surface area contributed by atoms with Gasteiger partial charge in [0.05, 0.1) is 25.1 Å². The zero-order valence-electron chi connectivity index (χ0n) is 19.9. The molecule has 0 radical (unpaired) electrons. The molecule has 0 saturated heterocycles. The highest BCUT2D eigenvalue weighted by atomic mass is 32.1. The van der Waals surface area contributed by atoms with Gasteiger partial charge in [-0.3, -0.25) is 14.3 Å². The molecule has 7 nitrogen and oxygen atoms in total. The molecule has 3 heterocycles. The number of nitrogens with zero attached hydrogens (tertiary/aromatic N) is 3. The van der Waals surface area contributed by atoms with Gasteiger partial charge in [-0.15, -0.1) is 11.3 Å². The monoisotopic (exact) mass is 504 g/mol. The molecule has 0 fully saturated rings. The molecule has 5 rings (SSSR count). The molecule has 2 aromatic carbocycles. The van der Waals surface area contributed by atoms with Crippen molar-refractivity contribution in [3.63, 3.8) is 0 Å². The van der Waals surface area contributed by atoms with Crippen molar-refractivity contribution in [1.29, 1.82) is 0 Å². The minimum atomic E-state index is -1.29. The van der Waals surface area contributed by atoms with Gasteiger partial charge in [-0.25, -0.2) is 4.39 Å². The number of carbonyl (C=O) groups is 2. The molecule has 36 heavy (non-hydrogen) atoms. The molecule has 2 aromatic heterocycles. The van der Waals surface area contributed by atoms with E-state index in [4.69, 9.17) is 4.74 Å². The third-order valence-electron chi connectivity index (χ3n) is 6.46. The second kappa shape index (κ2) is 9.58. The number of methoxy groups -OCH3 is 1. The number of hydrogen-bond acceptors (Lipinski definition) is 5. The summed E-state index contributed by atoms with van der Waals surface area (Å²) in [7, 11) is 1.59. The third-order valence-corrected chi connectivity index (χ3v) is 7.35. The van der Waals surface area contributed by atoms with Crippen LogP contribution in [0.25, 0.3) is 10.6 Å². The topological polar surface area (TPSA) is 76.5 Å². The highest BCUT2D eigenvalue weighted by Gasteiger charge is 2.48. The Kier molecular flexibility index (Phi) is 6.32. The van der Waals surface area contributed by atoms with Crippen LogP contribution < -0.4 is 10.1 Å². The van der Waals surface area contributed by atoms with Crippen LogP contribution in [0.4, 0.5) is 4.39 Å². The van der Waals surface area contributed by atoms with Gasteiger partial charge >= 0.3 is 0 Å². The summed E-state index contributed by atoms with van der Waals surface area (Å²) in [5, 5.41) is 9.53. The van der Waals surface area contributed by atoms with E-state index in [1.807, 2.05) is 41.8 Å². The summed E-state index contributed by atoms with van der Waals surface area (Å²) in [4.78, 5) is 29.7. The minimum Gasteiger partial charge on any atom is -0.497 e. The molecule has 1 N–H and O–H groups in total. The molecule has 2 amide bonds. The van der Waals surface area contributed by atoms with E-state index in [0.717, 1.165) is 16.2 Å². The predicted octanol–water partition coefficient (Wildman–Crippen LogP) is 4.49. The van der Waals surface area contributed by atoms with Gasteiger partial charge in [-0.1, -0.05) is 36.4 Å². The SMILES string of the molecule is COc1ccc(CNC(=O)C2(C)Cn3nc(-c4cccs4)cc3C(=O)N2Cc2ccccc2F)cc1. The van der Waals surface area contributed by atoms with E-state index in [-0.39, 0.29) is 31.4 Å². The van der Waals surface area contributed by atoms with Crippen LogP contribution >= 0.6 is 11.3 Å². The fourth-order valence-corrected chi connectivity index (χ4v) is 5.03. The minimum absolute atomic E-state index is 0.0442. The van der Waals surface area contributed by atoms with Gasteiger partial charge in [0, 0.05) is 12.1 Å². The first-order valence-electron chi connectivity index (χ1n) is 11.5. The van der Waals surface area contributed by atoms with Crippen LogP contribution in [0.2, 0.25) is 0 Å². The van der Waals surface area contributed by atoms with Crippen molar-refractivity contribution in [3.05, 3.63) is 94.7 Å². The number of nitrogens with one attached hydrogen (secondary N) is 1. The van der Waals surface area contributed by atoms with Gasteiger partial charge in [0.1, 0.15) is 28.5 Å². The van der Waals surface area contributed by atoms with Crippen molar-refractivity contribution in [3.8, 4) is 16.3 Å². The Bertz CT molecular complexity index is 1400. The molecule has 1 atom stereocenters. The van der Waals surface area contributed by atoms with Crippen molar-refractivity contribution in [1.82, 2.24) is 20.0 Å². The van der Waals surface area contributed by atoms with E-state index in [0.29, 0.717) is 17.0 Å². The quantitative estimate of drug-likeness (QED) is 0.402. The van der Waals surface area contributed by atoms with Crippen LogP contribution in [0.5, 0.6) is 5.75 Å². The van der Waals surface area contributed by atoms with Gasteiger partial charge in [0.15, 0.2) is 0 Å². The summed E-state index contributed by atoms with van der Waals surface area (Å²) < 4.78 is 21.4. The summed E-state index contributed by atoms with van der Waals surface area (Å²) in [6.07, 6.45) is 0. The van der Waals surface area contributed by atoms with Crippen molar-refractivity contribution < 1.29 is 18.7 Å². The number of amides is 2. The fraction of sp³-hybridized carbons (Fsp3) is 0.222. The molecule has 0 aliphatic carbocycles. The van der Waals surface area contributed by atoms with Gasteiger partial charge < -0.3 is 15.0 Å². The Labute approximate surface area is 212 Å². The van der Waals surface area contributed by atoms with Crippen LogP contribution in [0.1, 0.15) is 28.5 Å². The predicted molar refractivity (Wildman–Crippen MR) is 135 cm³/mol. The maximum absolute atomic E-state index is 14.6. The summed E-state index contributed by atoms with van der Waals surface area (Å²) in [5.41, 5.74) is 0.969. The van der Waals surface area contributed by atoms with E-state index in [1.165, 1.54) is 22.3 Å². The lowest BCUT2D eigenvalue weighted by atomic mass is 9.94. The summed E-state index contributed by atoms with van der Waals surface area (Å²) >= 11 is 1.52. The normalized spacial score (nSPS) is 17.1. The standard InChI is InChI=1S/C27H25FN4O3S/c1-27(26(34)29-15-18-9-11-20(35-2)12-10-18)17-32-23(14-22(30-32)24-8-5-13-36-24)25(33)31(27)16-19-6-3-4-7-21(19)28/h3-14H,15-17H2,1-2H3,(H,29,34). The Hall–Kier alpha value is -3.98. The van der Waals surface area contributed by atoms with Crippen LogP contribution in [0.3, 0.4) is 0 Å². The van der Waals surface area contributed by atoms with Crippen LogP contribution in [0.15, 0.2) is 72.1 Å². The average molecular weight is 505 g/mol. The number of carbonyl (C=O) groups excluding carboxylic acids is 2. The Morgan fingerprint density at radius 3 is 2.64 bits per heavy atom. The number of ether oxygens (including phenoxy) is 1. The zero-order chi connectivity index (χ0) is 25.3. The number of thiophene rings is 1. The molecular formula is C27H25FN4O3S. The van der Waals surface area contributed by atoms with E-state index < -0.39 is 11.4 Å². The van der Waals surface area contributed by atoms with Crippen molar-refractivity contribution in [2.75, 3.05) is 7.11 Å². The molecule has 0 spiro atoms. The zero-order valence-corrected chi connectivity index (χ0v) is 20.7. The van der Waals surface area contributed by atoms with Crippen molar-refractivity contribution >= 4 is 23.2 Å². The Morgan fingerprint density at radius 2 is 1.94 bits per heavy atom. The summed E-state index contributed by atoms with van der Waals surface area (Å²) in [6, 6.07) is 19.2. The van der Waals surface area contributed by atoms with Gasteiger partial charge in [-0.2, -0.15) is 5.10 Å². The van der Waals surface area contributed by atoms with Crippen LogP contribution in [0, 0.1) is 5.82 Å². The molecule has 9 heteroatoms. The summed E-state index contributed by atoms with van der Waals surface area (Å²) in [6.45, 7) is 2.07. The molecule has 1 aliphatic rings. The Balaban J connectivity index is 1.47. The lowest BCUT2D eigenvalue weighted by Gasteiger charge is -2.43. The van der Waals surface area contributed by atoms with Gasteiger partial charge in [0.2, 0.25) is 5.91 Å². The molecule has 1 aliphatic heterocycles. The van der Waals surface area contributed by atoms with E-state index in [9.17, 15) is 14.0 Å². The first-order chi connectivity index (χ1) is 17.4. The number of rotatable bonds is 7. The smallest absolute Gasteiger partial charge is 0.273 e. The molecule has 4 aromatic rings. The van der Waals surface area contributed by atoms with E-state index in [1.54, 1.807) is 43.0 Å². The lowest BCUT2D eigenvalue weighted by Crippen LogP contribution is -2.63. The van der Waals surface area contributed by atoms with Gasteiger partial charge in [0.25, 0.3) is 5.91 Å². The third kappa shape index (κ3) is 4.37. The Morgan fingerprint density at radius 1 is 1.17 bits per heavy atom. The van der Waals surface area contributed by atoms with Crippen molar-refractivity contribution in [2.45, 2.75) is 32.1 Å². The van der Waals surface area contributed by atoms with Crippen LogP contribution in [-0.2, 0) is 24.4 Å². The molecule has 1 unspecified atom stereocenters. The lowest BCUT2D eigenvalue weighted by molar-refractivity contribution is -0.133. The summed E-state index contributed by atoms with van der Waals surface area (Å²) in [5.74, 6) is -0.424. The average Bonchev–Trinajstić information content (AvgIpc) is 3.57. The molecule has 184 valence electrons. The maximum Gasteiger partial charge on any atom is 0.273 e. The largest absolute Gasteiger partial charge is 0.497 e. The molecule has 0 saturated carbocycles. The molecular weight excluding hydrogens is 479 g/mol. The first-order valence-corrected chi connectivity index (χ1v) is 12.4. The first kappa shape index (κ1) is 23.7. The maximum atomic E-state index is 14.6. The highest BCUT2D eigenvalue weighted by molar-refractivity contribution is 7.13. The fourth-order valence-electron chi connectivity index (χ4n) is 4.35. The molecule has 0 bridgehead atoms. The number of hydrogen-bond donors (Lipinski definition) is 1. The number of fused-ring (bicyclic) bond motifs is 1. The van der Waals surface area contributed by atoms with E-state index >= 15 is 0 Å². The number of benzene rings is 2. The number of halogens is 1.